The van der Waals surface area contributed by atoms with Crippen molar-refractivity contribution < 1.29 is 9.85 Å². The third-order valence-electron chi connectivity index (χ3n) is 2.70. The second kappa shape index (κ2) is 5.67. The van der Waals surface area contributed by atoms with Gasteiger partial charge in [0.2, 0.25) is 0 Å². The topological polar surface area (TPSA) is 138 Å². The van der Waals surface area contributed by atoms with Crippen LogP contribution in [-0.2, 0) is 0 Å². The van der Waals surface area contributed by atoms with Gasteiger partial charge in [0.05, 0.1) is 9.85 Å². The molecule has 2 aromatic carbocycles. The summed E-state index contributed by atoms with van der Waals surface area (Å²) in [4.78, 5) is 21.3. The lowest BCUT2D eigenvalue weighted by molar-refractivity contribution is -0.384. The van der Waals surface area contributed by atoms with Crippen molar-refractivity contribution in [1.82, 2.24) is 0 Å². The standard InChI is InChI=1S/C12H10N4O4S/c13-11-7(15(17)18)3-1-5-9(11)21-10-6-2-4-8(12(10)14)16(19)20/h1-6H,13-14H2. The van der Waals surface area contributed by atoms with Gasteiger partial charge in [-0.3, -0.25) is 20.2 Å². The van der Waals surface area contributed by atoms with Crippen LogP contribution in [0.1, 0.15) is 0 Å². The van der Waals surface area contributed by atoms with Crippen LogP contribution in [0.2, 0.25) is 0 Å². The fourth-order valence-corrected chi connectivity index (χ4v) is 2.64. The number of nitro groups is 2. The van der Waals surface area contributed by atoms with Crippen molar-refractivity contribution in [3.05, 3.63) is 56.6 Å². The number of anilines is 2. The molecule has 0 heterocycles. The average molecular weight is 306 g/mol. The molecule has 2 rings (SSSR count). The zero-order valence-corrected chi connectivity index (χ0v) is 11.4. The van der Waals surface area contributed by atoms with E-state index in [1.165, 1.54) is 24.3 Å². The summed E-state index contributed by atoms with van der Waals surface area (Å²) in [6, 6.07) is 8.73. The van der Waals surface area contributed by atoms with Gasteiger partial charge in [-0.05, 0) is 12.1 Å². The molecule has 21 heavy (non-hydrogen) atoms. The van der Waals surface area contributed by atoms with Gasteiger partial charge in [-0.1, -0.05) is 23.9 Å². The van der Waals surface area contributed by atoms with Crippen LogP contribution < -0.4 is 11.5 Å². The van der Waals surface area contributed by atoms with E-state index in [1.54, 1.807) is 12.1 Å². The molecule has 0 unspecified atom stereocenters. The van der Waals surface area contributed by atoms with Gasteiger partial charge < -0.3 is 11.5 Å². The van der Waals surface area contributed by atoms with E-state index in [0.717, 1.165) is 11.8 Å². The molecule has 0 atom stereocenters. The number of nitrogen functional groups attached to an aromatic ring is 2. The molecule has 108 valence electrons. The third-order valence-corrected chi connectivity index (χ3v) is 3.85. The lowest BCUT2D eigenvalue weighted by Gasteiger charge is -2.08. The van der Waals surface area contributed by atoms with Crippen LogP contribution in [0.25, 0.3) is 0 Å². The predicted molar refractivity (Wildman–Crippen MR) is 79.1 cm³/mol. The first kappa shape index (κ1) is 14.6. The van der Waals surface area contributed by atoms with Crippen molar-refractivity contribution in [2.45, 2.75) is 9.79 Å². The molecular weight excluding hydrogens is 296 g/mol. The van der Waals surface area contributed by atoms with Crippen molar-refractivity contribution in [2.24, 2.45) is 0 Å². The molecule has 0 aliphatic carbocycles. The Labute approximate surface area is 123 Å². The van der Waals surface area contributed by atoms with Gasteiger partial charge in [-0.15, -0.1) is 0 Å². The summed E-state index contributed by atoms with van der Waals surface area (Å²) in [5.41, 5.74) is 11.0. The van der Waals surface area contributed by atoms with E-state index in [1.807, 2.05) is 0 Å². The summed E-state index contributed by atoms with van der Waals surface area (Å²) in [6.07, 6.45) is 0. The Morgan fingerprint density at radius 2 is 1.19 bits per heavy atom. The molecule has 0 spiro atoms. The fourth-order valence-electron chi connectivity index (χ4n) is 1.68. The minimum atomic E-state index is -0.587. The van der Waals surface area contributed by atoms with Crippen molar-refractivity contribution >= 4 is 34.5 Å². The molecule has 0 bridgehead atoms. The lowest BCUT2D eigenvalue weighted by Crippen LogP contribution is -1.99. The van der Waals surface area contributed by atoms with Crippen molar-refractivity contribution in [3.8, 4) is 0 Å². The first-order chi connectivity index (χ1) is 9.91. The molecule has 0 saturated heterocycles. The number of para-hydroxylation sites is 2. The predicted octanol–water partition coefficient (Wildman–Crippen LogP) is 2.82. The molecule has 8 nitrogen and oxygen atoms in total. The summed E-state index contributed by atoms with van der Waals surface area (Å²) in [7, 11) is 0. The van der Waals surface area contributed by atoms with E-state index in [4.69, 9.17) is 11.5 Å². The number of nitrogens with zero attached hydrogens (tertiary/aromatic N) is 2. The van der Waals surface area contributed by atoms with E-state index < -0.39 is 9.85 Å². The summed E-state index contributed by atoms with van der Waals surface area (Å²) < 4.78 is 0. The summed E-state index contributed by atoms with van der Waals surface area (Å²) in [6.45, 7) is 0. The summed E-state index contributed by atoms with van der Waals surface area (Å²) in [5, 5.41) is 21.7. The van der Waals surface area contributed by atoms with Crippen LogP contribution in [0.3, 0.4) is 0 Å². The van der Waals surface area contributed by atoms with Crippen LogP contribution in [0.4, 0.5) is 22.7 Å². The van der Waals surface area contributed by atoms with Crippen molar-refractivity contribution in [3.63, 3.8) is 0 Å². The van der Waals surface area contributed by atoms with E-state index in [9.17, 15) is 20.2 Å². The molecule has 2 aromatic rings. The number of rotatable bonds is 4. The molecule has 0 aliphatic rings. The zero-order chi connectivity index (χ0) is 15.6. The minimum Gasteiger partial charge on any atom is -0.392 e. The Morgan fingerprint density at radius 3 is 1.52 bits per heavy atom. The van der Waals surface area contributed by atoms with Crippen LogP contribution in [-0.4, -0.2) is 9.85 Å². The monoisotopic (exact) mass is 306 g/mol. The number of hydrogen-bond donors (Lipinski definition) is 2. The molecule has 0 fully saturated rings. The lowest BCUT2D eigenvalue weighted by atomic mass is 10.3. The Kier molecular flexibility index (Phi) is 3.94. The maximum atomic E-state index is 10.8. The molecule has 0 aliphatic heterocycles. The molecule has 9 heteroatoms. The molecule has 0 radical (unpaired) electrons. The maximum Gasteiger partial charge on any atom is 0.293 e. The SMILES string of the molecule is Nc1c(Sc2cccc([N+](=O)[O-])c2N)cccc1[N+](=O)[O-]. The Balaban J connectivity index is 2.44. The second-order valence-electron chi connectivity index (χ2n) is 3.99. The van der Waals surface area contributed by atoms with Gasteiger partial charge in [0, 0.05) is 21.9 Å². The quantitative estimate of drug-likeness (QED) is 0.503. The van der Waals surface area contributed by atoms with E-state index in [0.29, 0.717) is 9.79 Å². The van der Waals surface area contributed by atoms with Gasteiger partial charge in [-0.2, -0.15) is 0 Å². The first-order valence-corrected chi connectivity index (χ1v) is 6.47. The fraction of sp³-hybridized carbons (Fsp3) is 0. The van der Waals surface area contributed by atoms with Gasteiger partial charge in [-0.25, -0.2) is 0 Å². The highest BCUT2D eigenvalue weighted by Gasteiger charge is 2.19. The van der Waals surface area contributed by atoms with Gasteiger partial charge in [0.25, 0.3) is 11.4 Å². The maximum absolute atomic E-state index is 10.8. The van der Waals surface area contributed by atoms with Gasteiger partial charge >= 0.3 is 0 Å². The van der Waals surface area contributed by atoms with Crippen molar-refractivity contribution in [1.29, 1.82) is 0 Å². The van der Waals surface area contributed by atoms with Crippen LogP contribution >= 0.6 is 11.8 Å². The number of nitro benzene ring substituents is 2. The van der Waals surface area contributed by atoms with Crippen LogP contribution in [0, 0.1) is 20.2 Å². The molecular formula is C12H10N4O4S. The Bertz CT molecular complexity index is 674. The number of nitrogens with two attached hydrogens (primary N) is 2. The molecule has 4 N–H and O–H groups in total. The highest BCUT2D eigenvalue weighted by molar-refractivity contribution is 7.99. The number of hydrogen-bond acceptors (Lipinski definition) is 7. The van der Waals surface area contributed by atoms with E-state index in [2.05, 4.69) is 0 Å². The number of benzene rings is 2. The minimum absolute atomic E-state index is 0.00148. The second-order valence-corrected chi connectivity index (χ2v) is 5.08. The Hall–Kier alpha value is -2.81. The van der Waals surface area contributed by atoms with Crippen molar-refractivity contribution in [2.75, 3.05) is 11.5 Å². The normalized spacial score (nSPS) is 10.3. The Morgan fingerprint density at radius 1 is 0.810 bits per heavy atom. The first-order valence-electron chi connectivity index (χ1n) is 5.65. The molecule has 0 amide bonds. The molecule has 0 aromatic heterocycles. The highest BCUT2D eigenvalue weighted by Crippen LogP contribution is 2.41. The van der Waals surface area contributed by atoms with E-state index in [-0.39, 0.29) is 22.7 Å². The highest BCUT2D eigenvalue weighted by atomic mass is 32.2. The summed E-state index contributed by atoms with van der Waals surface area (Å²) >= 11 is 1.05. The zero-order valence-electron chi connectivity index (χ0n) is 10.6. The van der Waals surface area contributed by atoms with Gasteiger partial charge in [0.1, 0.15) is 11.4 Å². The smallest absolute Gasteiger partial charge is 0.293 e. The average Bonchev–Trinajstić information content (AvgIpc) is 2.42. The molecule has 0 saturated carbocycles. The van der Waals surface area contributed by atoms with E-state index >= 15 is 0 Å². The summed E-state index contributed by atoms with van der Waals surface area (Å²) in [5.74, 6) is 0. The van der Waals surface area contributed by atoms with Gasteiger partial charge in [0.15, 0.2) is 0 Å². The van der Waals surface area contributed by atoms with Crippen LogP contribution in [0.5, 0.6) is 0 Å². The largest absolute Gasteiger partial charge is 0.392 e. The van der Waals surface area contributed by atoms with Crippen LogP contribution in [0.15, 0.2) is 46.2 Å². The third kappa shape index (κ3) is 2.87.